The average Bonchev–Trinajstić information content (AvgIpc) is 2.84. The summed E-state index contributed by atoms with van der Waals surface area (Å²) in [5, 5.41) is 10.9. The van der Waals surface area contributed by atoms with Crippen LogP contribution < -0.4 is 10.1 Å². The van der Waals surface area contributed by atoms with E-state index >= 15 is 0 Å². The molecule has 0 amide bonds. The third-order valence-corrected chi connectivity index (χ3v) is 3.48. The van der Waals surface area contributed by atoms with Crippen LogP contribution in [-0.4, -0.2) is 16.9 Å². The fourth-order valence-corrected chi connectivity index (χ4v) is 2.25. The summed E-state index contributed by atoms with van der Waals surface area (Å²) in [6.45, 7) is 6.22. The smallest absolute Gasteiger partial charge is 0.145 e. The zero-order chi connectivity index (χ0) is 14.4. The molecule has 1 heterocycles. The molecule has 0 fully saturated rings. The van der Waals surface area contributed by atoms with Gasteiger partial charge in [0.15, 0.2) is 0 Å². The molecule has 0 saturated heterocycles. The Labute approximate surface area is 126 Å². The Kier molecular flexibility index (Phi) is 5.55. The molecule has 0 saturated carbocycles. The summed E-state index contributed by atoms with van der Waals surface area (Å²) < 4.78 is 11.3. The first kappa shape index (κ1) is 15.0. The molecule has 0 radical (unpaired) electrons. The zero-order valence-corrected chi connectivity index (χ0v) is 13.2. The van der Waals surface area contributed by atoms with Crippen molar-refractivity contribution in [2.45, 2.75) is 33.4 Å². The van der Waals surface area contributed by atoms with Gasteiger partial charge in [-0.2, -0.15) is 0 Å². The SMILES string of the molecule is CCCNCc1ccc(OCc2nonc2C)c(Br)c1. The van der Waals surface area contributed by atoms with Crippen LogP contribution in [0.3, 0.4) is 0 Å². The van der Waals surface area contributed by atoms with Crippen molar-refractivity contribution < 1.29 is 9.37 Å². The van der Waals surface area contributed by atoms with Gasteiger partial charge in [-0.15, -0.1) is 0 Å². The molecule has 0 spiro atoms. The summed E-state index contributed by atoms with van der Waals surface area (Å²) in [5.41, 5.74) is 2.68. The zero-order valence-electron chi connectivity index (χ0n) is 11.6. The minimum Gasteiger partial charge on any atom is -0.486 e. The lowest BCUT2D eigenvalue weighted by molar-refractivity contribution is 0.269. The van der Waals surface area contributed by atoms with Crippen molar-refractivity contribution in [1.82, 2.24) is 15.6 Å². The summed E-state index contributed by atoms with van der Waals surface area (Å²) in [4.78, 5) is 0. The molecule has 1 N–H and O–H groups in total. The number of rotatable bonds is 7. The highest BCUT2D eigenvalue weighted by Gasteiger charge is 2.08. The third kappa shape index (κ3) is 4.05. The summed E-state index contributed by atoms with van der Waals surface area (Å²) in [6, 6.07) is 6.07. The Morgan fingerprint density at radius 3 is 2.85 bits per heavy atom. The van der Waals surface area contributed by atoms with Crippen molar-refractivity contribution >= 4 is 15.9 Å². The van der Waals surface area contributed by atoms with Crippen LogP contribution >= 0.6 is 15.9 Å². The first-order valence-corrected chi connectivity index (χ1v) is 7.40. The topological polar surface area (TPSA) is 60.2 Å². The van der Waals surface area contributed by atoms with Crippen molar-refractivity contribution in [1.29, 1.82) is 0 Å². The molecule has 2 aromatic rings. The molecule has 1 aromatic heterocycles. The van der Waals surface area contributed by atoms with E-state index in [1.807, 2.05) is 13.0 Å². The Hall–Kier alpha value is -1.40. The van der Waals surface area contributed by atoms with Gasteiger partial charge in [0.2, 0.25) is 0 Å². The molecule has 1 aromatic carbocycles. The number of hydrogen-bond acceptors (Lipinski definition) is 5. The summed E-state index contributed by atoms with van der Waals surface area (Å²) in [6.07, 6.45) is 1.13. The monoisotopic (exact) mass is 339 g/mol. The molecule has 2 rings (SSSR count). The maximum absolute atomic E-state index is 5.71. The van der Waals surface area contributed by atoms with Crippen LogP contribution in [0.2, 0.25) is 0 Å². The van der Waals surface area contributed by atoms with Crippen LogP contribution in [-0.2, 0) is 13.2 Å². The van der Waals surface area contributed by atoms with Crippen molar-refractivity contribution in [3.8, 4) is 5.75 Å². The van der Waals surface area contributed by atoms with Gasteiger partial charge in [-0.25, -0.2) is 4.63 Å². The van der Waals surface area contributed by atoms with E-state index in [2.05, 4.69) is 55.2 Å². The Balaban J connectivity index is 1.94. The molecule has 0 aliphatic heterocycles. The van der Waals surface area contributed by atoms with Gasteiger partial charge in [-0.1, -0.05) is 23.3 Å². The fraction of sp³-hybridized carbons (Fsp3) is 0.429. The van der Waals surface area contributed by atoms with Gasteiger partial charge >= 0.3 is 0 Å². The summed E-state index contributed by atoms with van der Waals surface area (Å²) >= 11 is 3.53. The average molecular weight is 340 g/mol. The number of benzene rings is 1. The maximum Gasteiger partial charge on any atom is 0.145 e. The van der Waals surface area contributed by atoms with Gasteiger partial charge in [0.1, 0.15) is 23.7 Å². The molecular formula is C14H18BrN3O2. The van der Waals surface area contributed by atoms with Crippen molar-refractivity contribution in [2.75, 3.05) is 6.54 Å². The van der Waals surface area contributed by atoms with Gasteiger partial charge in [0.05, 0.1) is 4.47 Å². The molecule has 0 atom stereocenters. The van der Waals surface area contributed by atoms with E-state index in [1.54, 1.807) is 0 Å². The lowest BCUT2D eigenvalue weighted by atomic mass is 10.2. The van der Waals surface area contributed by atoms with Crippen molar-refractivity contribution in [3.05, 3.63) is 39.6 Å². The highest BCUT2D eigenvalue weighted by Crippen LogP contribution is 2.26. The van der Waals surface area contributed by atoms with E-state index in [-0.39, 0.29) is 0 Å². The molecular weight excluding hydrogens is 322 g/mol. The molecule has 6 heteroatoms. The predicted molar refractivity (Wildman–Crippen MR) is 79.5 cm³/mol. The molecule has 0 unspecified atom stereocenters. The Bertz CT molecular complexity index is 557. The number of hydrogen-bond donors (Lipinski definition) is 1. The molecule has 20 heavy (non-hydrogen) atoms. The Morgan fingerprint density at radius 2 is 2.20 bits per heavy atom. The minimum absolute atomic E-state index is 0.349. The standard InChI is InChI=1S/C14H18BrN3O2/c1-3-6-16-8-11-4-5-14(12(15)7-11)19-9-13-10(2)17-20-18-13/h4-5,7,16H,3,6,8-9H2,1-2H3. The number of nitrogens with zero attached hydrogens (tertiary/aromatic N) is 2. The first-order valence-electron chi connectivity index (χ1n) is 6.60. The van der Waals surface area contributed by atoms with Crippen molar-refractivity contribution in [3.63, 3.8) is 0 Å². The van der Waals surface area contributed by atoms with E-state index in [4.69, 9.17) is 4.74 Å². The summed E-state index contributed by atoms with van der Waals surface area (Å²) in [7, 11) is 0. The molecule has 5 nitrogen and oxygen atoms in total. The van der Waals surface area contributed by atoms with E-state index < -0.39 is 0 Å². The third-order valence-electron chi connectivity index (χ3n) is 2.86. The van der Waals surface area contributed by atoms with E-state index in [0.717, 1.165) is 35.4 Å². The van der Waals surface area contributed by atoms with Crippen LogP contribution in [0, 0.1) is 6.92 Å². The highest BCUT2D eigenvalue weighted by molar-refractivity contribution is 9.10. The van der Waals surface area contributed by atoms with Gasteiger partial charge in [0, 0.05) is 6.54 Å². The van der Waals surface area contributed by atoms with Crippen molar-refractivity contribution in [2.24, 2.45) is 0 Å². The number of halogens is 1. The first-order chi connectivity index (χ1) is 9.70. The number of nitrogens with one attached hydrogen (secondary N) is 1. The van der Waals surface area contributed by atoms with Crippen LogP contribution in [0.4, 0.5) is 0 Å². The normalized spacial score (nSPS) is 10.8. The molecule has 108 valence electrons. The largest absolute Gasteiger partial charge is 0.486 e. The molecule has 0 aliphatic rings. The second-order valence-electron chi connectivity index (χ2n) is 4.53. The minimum atomic E-state index is 0.349. The van der Waals surface area contributed by atoms with E-state index in [0.29, 0.717) is 12.3 Å². The van der Waals surface area contributed by atoms with Gasteiger partial charge in [-0.3, -0.25) is 0 Å². The fourth-order valence-electron chi connectivity index (χ4n) is 1.71. The maximum atomic E-state index is 5.71. The number of aryl methyl sites for hydroxylation is 1. The lowest BCUT2D eigenvalue weighted by Crippen LogP contribution is -2.13. The van der Waals surface area contributed by atoms with Gasteiger partial charge in [-0.05, 0) is 53.5 Å². The summed E-state index contributed by atoms with van der Waals surface area (Å²) in [5.74, 6) is 0.784. The van der Waals surface area contributed by atoms with Crippen LogP contribution in [0.25, 0.3) is 0 Å². The highest BCUT2D eigenvalue weighted by atomic mass is 79.9. The van der Waals surface area contributed by atoms with E-state index in [1.165, 1.54) is 5.56 Å². The van der Waals surface area contributed by atoms with Gasteiger partial charge in [0.25, 0.3) is 0 Å². The quantitative estimate of drug-likeness (QED) is 0.784. The number of aromatic nitrogens is 2. The molecule has 0 aliphatic carbocycles. The van der Waals surface area contributed by atoms with Crippen LogP contribution in [0.1, 0.15) is 30.3 Å². The Morgan fingerprint density at radius 1 is 1.35 bits per heavy atom. The molecule has 0 bridgehead atoms. The van der Waals surface area contributed by atoms with Crippen LogP contribution in [0.5, 0.6) is 5.75 Å². The number of ether oxygens (including phenoxy) is 1. The lowest BCUT2D eigenvalue weighted by Gasteiger charge is -2.09. The van der Waals surface area contributed by atoms with E-state index in [9.17, 15) is 0 Å². The van der Waals surface area contributed by atoms with Crippen LogP contribution in [0.15, 0.2) is 27.3 Å². The second kappa shape index (κ2) is 7.40. The predicted octanol–water partition coefficient (Wildman–Crippen LogP) is 3.22. The van der Waals surface area contributed by atoms with Gasteiger partial charge < -0.3 is 10.1 Å². The second-order valence-corrected chi connectivity index (χ2v) is 5.38.